The Morgan fingerprint density at radius 1 is 1.33 bits per heavy atom. The smallest absolute Gasteiger partial charge is 0.308 e. The van der Waals surface area contributed by atoms with Gasteiger partial charge in [0, 0.05) is 13.2 Å². The molecule has 2 N–H and O–H groups in total. The molecule has 1 atom stereocenters. The van der Waals surface area contributed by atoms with Crippen molar-refractivity contribution in [3.05, 3.63) is 29.8 Å². The van der Waals surface area contributed by atoms with E-state index in [1.165, 1.54) is 0 Å². The average Bonchev–Trinajstić information content (AvgIpc) is 2.49. The number of amides is 1. The zero-order valence-electron chi connectivity index (χ0n) is 12.3. The molecule has 6 heteroatoms. The molecule has 1 amide bonds. The Bertz CT molecular complexity index is 475. The van der Waals surface area contributed by atoms with Gasteiger partial charge in [0.05, 0.1) is 13.0 Å². The molecule has 0 aliphatic heterocycles. The Hall–Kier alpha value is -2.08. The molecule has 1 aromatic rings. The minimum absolute atomic E-state index is 0.0549. The standard InChI is InChI=1S/C15H21NO5/c1-3-21-10-14(17)16-9-12(15(18)19)8-11-6-4-5-7-13(11)20-2/h4-7,12H,3,8-10H2,1-2H3,(H,16,17)(H,18,19). The van der Waals surface area contributed by atoms with E-state index in [1.807, 2.05) is 18.2 Å². The minimum Gasteiger partial charge on any atom is -0.496 e. The second kappa shape index (κ2) is 8.97. The van der Waals surface area contributed by atoms with Crippen molar-refractivity contribution in [2.24, 2.45) is 5.92 Å². The lowest BCUT2D eigenvalue weighted by atomic mass is 9.98. The number of hydrogen-bond donors (Lipinski definition) is 2. The summed E-state index contributed by atoms with van der Waals surface area (Å²) >= 11 is 0. The van der Waals surface area contributed by atoms with Crippen molar-refractivity contribution in [2.75, 3.05) is 26.9 Å². The molecule has 0 spiro atoms. The molecule has 0 saturated carbocycles. The highest BCUT2D eigenvalue weighted by molar-refractivity contribution is 5.78. The van der Waals surface area contributed by atoms with Crippen LogP contribution in [0.4, 0.5) is 0 Å². The van der Waals surface area contributed by atoms with Gasteiger partial charge in [0.1, 0.15) is 12.4 Å². The number of aliphatic carboxylic acids is 1. The van der Waals surface area contributed by atoms with Crippen molar-refractivity contribution in [3.63, 3.8) is 0 Å². The van der Waals surface area contributed by atoms with E-state index >= 15 is 0 Å². The summed E-state index contributed by atoms with van der Waals surface area (Å²) in [7, 11) is 1.54. The fraction of sp³-hybridized carbons (Fsp3) is 0.467. The van der Waals surface area contributed by atoms with E-state index < -0.39 is 11.9 Å². The van der Waals surface area contributed by atoms with E-state index in [0.717, 1.165) is 5.56 Å². The molecule has 1 aromatic carbocycles. The second-order valence-electron chi connectivity index (χ2n) is 4.49. The van der Waals surface area contributed by atoms with Crippen LogP contribution < -0.4 is 10.1 Å². The van der Waals surface area contributed by atoms with E-state index in [0.29, 0.717) is 12.4 Å². The van der Waals surface area contributed by atoms with Gasteiger partial charge in [-0.25, -0.2) is 0 Å². The predicted molar refractivity (Wildman–Crippen MR) is 77.3 cm³/mol. The minimum atomic E-state index is -0.961. The van der Waals surface area contributed by atoms with Crippen LogP contribution in [-0.4, -0.2) is 43.9 Å². The maximum atomic E-state index is 11.5. The van der Waals surface area contributed by atoms with Gasteiger partial charge in [-0.1, -0.05) is 18.2 Å². The Kier molecular flexibility index (Phi) is 7.25. The normalized spacial score (nSPS) is 11.7. The first-order valence-corrected chi connectivity index (χ1v) is 6.77. The van der Waals surface area contributed by atoms with Crippen LogP contribution in [-0.2, 0) is 20.7 Å². The summed E-state index contributed by atoms with van der Waals surface area (Å²) in [5.74, 6) is -1.35. The first-order valence-electron chi connectivity index (χ1n) is 6.77. The van der Waals surface area contributed by atoms with Crippen molar-refractivity contribution in [3.8, 4) is 5.75 Å². The molecule has 0 fully saturated rings. The fourth-order valence-electron chi connectivity index (χ4n) is 1.87. The van der Waals surface area contributed by atoms with Gasteiger partial charge in [0.15, 0.2) is 0 Å². The van der Waals surface area contributed by atoms with Crippen LogP contribution in [0.25, 0.3) is 0 Å². The molecule has 0 saturated heterocycles. The largest absolute Gasteiger partial charge is 0.496 e. The highest BCUT2D eigenvalue weighted by atomic mass is 16.5. The Morgan fingerprint density at radius 3 is 2.67 bits per heavy atom. The Balaban J connectivity index is 2.62. The van der Waals surface area contributed by atoms with Gasteiger partial charge < -0.3 is 19.9 Å². The van der Waals surface area contributed by atoms with Gasteiger partial charge in [-0.15, -0.1) is 0 Å². The van der Waals surface area contributed by atoms with Crippen LogP contribution in [0.1, 0.15) is 12.5 Å². The average molecular weight is 295 g/mol. The number of nitrogens with one attached hydrogen (secondary N) is 1. The van der Waals surface area contributed by atoms with Crippen LogP contribution in [0.2, 0.25) is 0 Å². The van der Waals surface area contributed by atoms with Gasteiger partial charge in [0.2, 0.25) is 5.91 Å². The van der Waals surface area contributed by atoms with E-state index in [9.17, 15) is 14.7 Å². The molecular weight excluding hydrogens is 274 g/mol. The maximum absolute atomic E-state index is 11.5. The summed E-state index contributed by atoms with van der Waals surface area (Å²) in [6, 6.07) is 7.24. The van der Waals surface area contributed by atoms with Crippen molar-refractivity contribution in [1.29, 1.82) is 0 Å². The highest BCUT2D eigenvalue weighted by Gasteiger charge is 2.20. The topological polar surface area (TPSA) is 84.9 Å². The fourth-order valence-corrected chi connectivity index (χ4v) is 1.87. The second-order valence-corrected chi connectivity index (χ2v) is 4.49. The number of carboxylic acid groups (broad SMARTS) is 1. The van der Waals surface area contributed by atoms with Crippen molar-refractivity contribution in [2.45, 2.75) is 13.3 Å². The first kappa shape index (κ1) is 17.0. The van der Waals surface area contributed by atoms with Gasteiger partial charge >= 0.3 is 5.97 Å². The molecule has 1 unspecified atom stereocenters. The molecule has 0 bridgehead atoms. The van der Waals surface area contributed by atoms with E-state index in [4.69, 9.17) is 9.47 Å². The molecule has 1 rings (SSSR count). The summed E-state index contributed by atoms with van der Waals surface area (Å²) in [5.41, 5.74) is 0.798. The SMILES string of the molecule is CCOCC(=O)NCC(Cc1ccccc1OC)C(=O)O. The van der Waals surface area contributed by atoms with Crippen LogP contribution in [0.15, 0.2) is 24.3 Å². The summed E-state index contributed by atoms with van der Waals surface area (Å²) in [6.07, 6.45) is 0.286. The first-order chi connectivity index (χ1) is 10.1. The molecule has 0 aromatic heterocycles. The monoisotopic (exact) mass is 295 g/mol. The predicted octanol–water partition coefficient (Wildman–Crippen LogP) is 1.09. The number of rotatable bonds is 9. The number of para-hydroxylation sites is 1. The molecular formula is C15H21NO5. The van der Waals surface area contributed by atoms with Gasteiger partial charge in [0.25, 0.3) is 0 Å². The molecule has 0 aliphatic rings. The summed E-state index contributed by atoms with van der Waals surface area (Å²) in [6.45, 7) is 2.22. The highest BCUT2D eigenvalue weighted by Crippen LogP contribution is 2.20. The number of methoxy groups -OCH3 is 1. The molecule has 0 radical (unpaired) electrons. The van der Waals surface area contributed by atoms with Crippen molar-refractivity contribution < 1.29 is 24.2 Å². The number of hydrogen-bond acceptors (Lipinski definition) is 4. The van der Waals surface area contributed by atoms with Gasteiger partial charge in [-0.2, -0.15) is 0 Å². The third-order valence-electron chi connectivity index (χ3n) is 2.99. The molecule has 0 heterocycles. The summed E-state index contributed by atoms with van der Waals surface area (Å²) < 4.78 is 10.2. The molecule has 21 heavy (non-hydrogen) atoms. The zero-order chi connectivity index (χ0) is 15.7. The summed E-state index contributed by atoms with van der Waals surface area (Å²) in [4.78, 5) is 22.8. The van der Waals surface area contributed by atoms with Crippen molar-refractivity contribution >= 4 is 11.9 Å². The summed E-state index contributed by atoms with van der Waals surface area (Å²) in [5, 5.41) is 11.8. The number of carboxylic acids is 1. The number of benzene rings is 1. The third-order valence-corrected chi connectivity index (χ3v) is 2.99. The number of carbonyl (C=O) groups excluding carboxylic acids is 1. The van der Waals surface area contributed by atoms with Crippen LogP contribution >= 0.6 is 0 Å². The lowest BCUT2D eigenvalue weighted by Gasteiger charge is -2.15. The van der Waals surface area contributed by atoms with Crippen LogP contribution in [0.3, 0.4) is 0 Å². The lowest BCUT2D eigenvalue weighted by Crippen LogP contribution is -2.36. The quantitative estimate of drug-likeness (QED) is 0.712. The van der Waals surface area contributed by atoms with Crippen LogP contribution in [0, 0.1) is 5.92 Å². The van der Waals surface area contributed by atoms with E-state index in [-0.39, 0.29) is 25.5 Å². The number of ether oxygens (including phenoxy) is 2. The zero-order valence-corrected chi connectivity index (χ0v) is 12.3. The number of carbonyl (C=O) groups is 2. The van der Waals surface area contributed by atoms with Gasteiger partial charge in [-0.3, -0.25) is 9.59 Å². The molecule has 116 valence electrons. The van der Waals surface area contributed by atoms with Gasteiger partial charge in [-0.05, 0) is 25.0 Å². The van der Waals surface area contributed by atoms with E-state index in [2.05, 4.69) is 5.32 Å². The Labute approximate surface area is 124 Å². The van der Waals surface area contributed by atoms with E-state index in [1.54, 1.807) is 20.1 Å². The lowest BCUT2D eigenvalue weighted by molar-refractivity contribution is -0.141. The molecule has 6 nitrogen and oxygen atoms in total. The van der Waals surface area contributed by atoms with Crippen molar-refractivity contribution in [1.82, 2.24) is 5.32 Å². The maximum Gasteiger partial charge on any atom is 0.308 e. The third kappa shape index (κ3) is 5.83. The van der Waals surface area contributed by atoms with Crippen LogP contribution in [0.5, 0.6) is 5.75 Å². The molecule has 0 aliphatic carbocycles. The Morgan fingerprint density at radius 2 is 2.05 bits per heavy atom.